The highest BCUT2D eigenvalue weighted by Gasteiger charge is 2.45. The van der Waals surface area contributed by atoms with E-state index >= 15 is 0 Å². The second-order valence-electron chi connectivity index (χ2n) is 18.2. The third-order valence-electron chi connectivity index (χ3n) is 10.8. The van der Waals surface area contributed by atoms with Crippen LogP contribution in [-0.2, 0) is 44.6 Å². The average Bonchev–Trinajstić information content (AvgIpc) is 3.18. The molecule has 0 spiro atoms. The molecule has 0 unspecified atom stereocenters. The molecule has 15 nitrogen and oxygen atoms in total. The van der Waals surface area contributed by atoms with E-state index in [0.29, 0.717) is 18.0 Å². The SMILES string of the molecule is CC(C)(C)NC(=O)[C@@H]1[C@@H]2CCCC[C@@H]2CCN1C[C@@H](OC(=O)COCC(=O)OC(C)(C)C)[C@H](Cc1ccccc1)NC(=O)[C@H](CC(N)=O)NC(=O)c1ccc2ccccc2n1. The van der Waals surface area contributed by atoms with E-state index < -0.39 is 84.7 Å². The Labute approximate surface area is 358 Å². The number of amides is 4. The number of ether oxygens (including phenoxy) is 3. The summed E-state index contributed by atoms with van der Waals surface area (Å²) in [6.45, 7) is 10.4. The van der Waals surface area contributed by atoms with Crippen molar-refractivity contribution in [1.29, 1.82) is 0 Å². The van der Waals surface area contributed by atoms with E-state index in [1.165, 1.54) is 6.07 Å². The third-order valence-corrected chi connectivity index (χ3v) is 10.8. The topological polar surface area (TPSA) is 208 Å². The zero-order valence-corrected chi connectivity index (χ0v) is 36.2. The fourth-order valence-corrected chi connectivity index (χ4v) is 8.29. The van der Waals surface area contributed by atoms with Crippen LogP contribution in [0.3, 0.4) is 0 Å². The molecule has 0 radical (unpaired) electrons. The largest absolute Gasteiger partial charge is 0.458 e. The second kappa shape index (κ2) is 20.9. The van der Waals surface area contributed by atoms with Crippen LogP contribution in [-0.4, -0.2) is 107 Å². The van der Waals surface area contributed by atoms with Crippen LogP contribution in [0.2, 0.25) is 0 Å². The molecular formula is C46H62N6O9. The molecule has 1 saturated heterocycles. The predicted octanol–water partition coefficient (Wildman–Crippen LogP) is 4.00. The number of rotatable bonds is 17. The highest BCUT2D eigenvalue weighted by molar-refractivity contribution is 5.99. The second-order valence-corrected chi connectivity index (χ2v) is 18.2. The molecular weight excluding hydrogens is 781 g/mol. The van der Waals surface area contributed by atoms with Crippen molar-refractivity contribution in [2.45, 2.75) is 122 Å². The minimum Gasteiger partial charge on any atom is -0.458 e. The van der Waals surface area contributed by atoms with Crippen molar-refractivity contribution in [3.63, 3.8) is 0 Å². The zero-order valence-electron chi connectivity index (χ0n) is 36.2. The molecule has 1 aliphatic heterocycles. The molecule has 2 fully saturated rings. The molecule has 6 atom stereocenters. The van der Waals surface area contributed by atoms with E-state index in [4.69, 9.17) is 19.9 Å². The van der Waals surface area contributed by atoms with Gasteiger partial charge < -0.3 is 35.9 Å². The summed E-state index contributed by atoms with van der Waals surface area (Å²) in [5.74, 6) is -3.43. The summed E-state index contributed by atoms with van der Waals surface area (Å²) >= 11 is 0. The van der Waals surface area contributed by atoms with E-state index in [2.05, 4.69) is 20.9 Å². The molecule has 3 aromatic rings. The zero-order chi connectivity index (χ0) is 44.3. The summed E-state index contributed by atoms with van der Waals surface area (Å²) in [7, 11) is 0. The van der Waals surface area contributed by atoms with Crippen LogP contribution < -0.4 is 21.7 Å². The summed E-state index contributed by atoms with van der Waals surface area (Å²) < 4.78 is 16.9. The van der Waals surface area contributed by atoms with Crippen LogP contribution in [0.5, 0.6) is 0 Å². The molecule has 5 rings (SSSR count). The number of pyridine rings is 1. The summed E-state index contributed by atoms with van der Waals surface area (Å²) in [5.41, 5.74) is 5.75. The van der Waals surface area contributed by atoms with Gasteiger partial charge in [0.25, 0.3) is 5.91 Å². The summed E-state index contributed by atoms with van der Waals surface area (Å²) in [6.07, 6.45) is 3.38. The predicted molar refractivity (Wildman–Crippen MR) is 229 cm³/mol. The van der Waals surface area contributed by atoms with Crippen molar-refractivity contribution in [3.8, 4) is 0 Å². The lowest BCUT2D eigenvalue weighted by molar-refractivity contribution is -0.166. The van der Waals surface area contributed by atoms with Crippen molar-refractivity contribution in [2.24, 2.45) is 17.6 Å². The molecule has 5 N–H and O–H groups in total. The van der Waals surface area contributed by atoms with E-state index in [1.54, 1.807) is 39.0 Å². The first-order valence-corrected chi connectivity index (χ1v) is 21.2. The minimum absolute atomic E-state index is 0.0330. The minimum atomic E-state index is -1.42. The molecule has 1 aromatic heterocycles. The number of benzene rings is 2. The maximum Gasteiger partial charge on any atom is 0.332 e. The Morgan fingerprint density at radius 2 is 1.52 bits per heavy atom. The number of carbonyl (C=O) groups excluding carboxylic acids is 6. The van der Waals surface area contributed by atoms with Gasteiger partial charge in [-0.3, -0.25) is 24.1 Å². The van der Waals surface area contributed by atoms with Gasteiger partial charge in [-0.2, -0.15) is 0 Å². The highest BCUT2D eigenvalue weighted by Crippen LogP contribution is 2.40. The van der Waals surface area contributed by atoms with E-state index in [-0.39, 0.29) is 30.5 Å². The molecule has 1 aliphatic carbocycles. The number of carbonyl (C=O) groups is 6. The number of hydrogen-bond acceptors (Lipinski definition) is 11. The Kier molecular flexibility index (Phi) is 16.0. The van der Waals surface area contributed by atoms with Gasteiger partial charge in [0.2, 0.25) is 17.7 Å². The first kappa shape index (κ1) is 46.7. The van der Waals surface area contributed by atoms with Crippen LogP contribution in [0.15, 0.2) is 66.7 Å². The van der Waals surface area contributed by atoms with Crippen LogP contribution in [0.25, 0.3) is 10.9 Å². The standard InChI is InChI=1S/C46H62N6O9/c1-45(2,3)51-44(58)41-32-18-12-10-16-30(32)22-23-52(41)26-37(60-39(54)27-59-28-40(55)61-46(4,5)6)35(24-29-14-8-7-9-15-29)49-43(57)36(25-38(47)53)50-42(56)34-21-20-31-17-11-13-19-33(31)48-34/h7-9,11,13-15,17,19-21,30,32,35-37,41H,10,12,16,18,22-28H2,1-6H3,(H2,47,53)(H,49,57)(H,50,56)(H,51,58)/t30-,32-,35+,36+,37-,41+/m1/s1. The summed E-state index contributed by atoms with van der Waals surface area (Å²) in [4.78, 5) is 87.1. The number of para-hydroxylation sites is 1. The Bertz CT molecular complexity index is 2010. The smallest absolute Gasteiger partial charge is 0.332 e. The number of hydrogen-bond donors (Lipinski definition) is 4. The molecule has 330 valence electrons. The van der Waals surface area contributed by atoms with Gasteiger partial charge in [-0.25, -0.2) is 14.6 Å². The van der Waals surface area contributed by atoms with Crippen LogP contribution in [0.1, 0.15) is 96.1 Å². The number of nitrogens with one attached hydrogen (secondary N) is 3. The first-order chi connectivity index (χ1) is 28.8. The molecule has 2 heterocycles. The highest BCUT2D eigenvalue weighted by atomic mass is 16.6. The van der Waals surface area contributed by atoms with Crippen molar-refractivity contribution < 1.29 is 43.0 Å². The Morgan fingerprint density at radius 1 is 0.836 bits per heavy atom. The van der Waals surface area contributed by atoms with Crippen LogP contribution >= 0.6 is 0 Å². The summed E-state index contributed by atoms with van der Waals surface area (Å²) in [6, 6.07) is 16.9. The molecule has 61 heavy (non-hydrogen) atoms. The molecule has 0 bridgehead atoms. The van der Waals surface area contributed by atoms with Gasteiger partial charge in [0.05, 0.1) is 24.0 Å². The fourth-order valence-electron chi connectivity index (χ4n) is 8.29. The Morgan fingerprint density at radius 3 is 2.23 bits per heavy atom. The van der Waals surface area contributed by atoms with Crippen LogP contribution in [0.4, 0.5) is 0 Å². The van der Waals surface area contributed by atoms with Crippen molar-refractivity contribution >= 4 is 46.5 Å². The first-order valence-electron chi connectivity index (χ1n) is 21.2. The molecule has 1 saturated carbocycles. The number of primary amides is 1. The van der Waals surface area contributed by atoms with Crippen molar-refractivity contribution in [1.82, 2.24) is 25.8 Å². The van der Waals surface area contributed by atoms with Gasteiger partial charge in [-0.05, 0) is 96.9 Å². The van der Waals surface area contributed by atoms with Gasteiger partial charge in [-0.1, -0.05) is 73.9 Å². The third kappa shape index (κ3) is 14.3. The maximum atomic E-state index is 14.4. The number of aromatic nitrogens is 1. The van der Waals surface area contributed by atoms with Gasteiger partial charge in [0.15, 0.2) is 0 Å². The van der Waals surface area contributed by atoms with Crippen molar-refractivity contribution in [2.75, 3.05) is 26.3 Å². The van der Waals surface area contributed by atoms with E-state index in [1.807, 2.05) is 68.1 Å². The van der Waals surface area contributed by atoms with Gasteiger partial charge in [0, 0.05) is 17.5 Å². The summed E-state index contributed by atoms with van der Waals surface area (Å²) in [5, 5.41) is 9.63. The quantitative estimate of drug-likeness (QED) is 0.143. The molecule has 15 heteroatoms. The number of likely N-dealkylation sites (tertiary alicyclic amines) is 1. The number of fused-ring (bicyclic) bond motifs is 2. The molecule has 4 amide bonds. The number of nitrogens with two attached hydrogens (primary N) is 1. The lowest BCUT2D eigenvalue weighted by atomic mass is 9.70. The molecule has 2 aromatic carbocycles. The average molecular weight is 843 g/mol. The lowest BCUT2D eigenvalue weighted by Gasteiger charge is -2.48. The number of esters is 2. The lowest BCUT2D eigenvalue weighted by Crippen LogP contribution is -2.63. The number of nitrogens with zero attached hydrogens (tertiary/aromatic N) is 2. The van der Waals surface area contributed by atoms with E-state index in [9.17, 15) is 28.8 Å². The van der Waals surface area contributed by atoms with E-state index in [0.717, 1.165) is 43.1 Å². The monoisotopic (exact) mass is 842 g/mol. The van der Waals surface area contributed by atoms with Gasteiger partial charge in [-0.15, -0.1) is 0 Å². The maximum absolute atomic E-state index is 14.4. The van der Waals surface area contributed by atoms with Gasteiger partial charge >= 0.3 is 11.9 Å². The Balaban J connectivity index is 1.46. The number of piperidine rings is 1. The van der Waals surface area contributed by atoms with Crippen LogP contribution in [0, 0.1) is 11.8 Å². The molecule has 2 aliphatic rings. The Hall–Kier alpha value is -5.41. The van der Waals surface area contributed by atoms with Gasteiger partial charge in [0.1, 0.15) is 36.7 Å². The van der Waals surface area contributed by atoms with Crippen molar-refractivity contribution in [3.05, 3.63) is 78.0 Å². The fraction of sp³-hybridized carbons (Fsp3) is 0.543. The normalized spacial score (nSPS) is 19.7.